The zero-order valence-electron chi connectivity index (χ0n) is 24.6. The Labute approximate surface area is 248 Å². The highest BCUT2D eigenvalue weighted by Crippen LogP contribution is 2.48. The number of aryl methyl sites for hydroxylation is 1. The molecule has 0 radical (unpaired) electrons. The van der Waals surface area contributed by atoms with Crippen LogP contribution in [0, 0.1) is 12.8 Å². The molecule has 8 heteroatoms. The van der Waals surface area contributed by atoms with Gasteiger partial charge in [-0.05, 0) is 79.3 Å². The van der Waals surface area contributed by atoms with Crippen LogP contribution in [-0.4, -0.2) is 68.7 Å². The summed E-state index contributed by atoms with van der Waals surface area (Å²) in [6.07, 6.45) is 2.19. The third kappa shape index (κ3) is 8.33. The summed E-state index contributed by atoms with van der Waals surface area (Å²) in [6, 6.07) is 18.1. The number of hydrogen-bond acceptors (Lipinski definition) is 6. The molecule has 41 heavy (non-hydrogen) atoms. The molecule has 0 N–H and O–H groups in total. The number of thiophene rings is 1. The molecule has 0 spiro atoms. The summed E-state index contributed by atoms with van der Waals surface area (Å²) in [6.45, 7) is 6.86. The maximum atomic E-state index is 13.9. The fourth-order valence-corrected chi connectivity index (χ4v) is 6.06. The van der Waals surface area contributed by atoms with Gasteiger partial charge in [-0.15, -0.1) is 11.3 Å². The van der Waals surface area contributed by atoms with Crippen LogP contribution in [0.4, 0.5) is 0 Å². The van der Waals surface area contributed by atoms with Crippen LogP contribution < -0.4 is 9.47 Å². The van der Waals surface area contributed by atoms with Crippen LogP contribution in [0.2, 0.25) is 0 Å². The Morgan fingerprint density at radius 2 is 1.76 bits per heavy atom. The van der Waals surface area contributed by atoms with Gasteiger partial charge in [0.15, 0.2) is 11.5 Å². The van der Waals surface area contributed by atoms with Gasteiger partial charge in [0.2, 0.25) is 11.8 Å². The van der Waals surface area contributed by atoms with Crippen molar-refractivity contribution in [1.29, 1.82) is 0 Å². The second-order valence-electron chi connectivity index (χ2n) is 10.5. The third-order valence-electron chi connectivity index (χ3n) is 7.67. The number of amides is 2. The quantitative estimate of drug-likeness (QED) is 0.204. The normalized spacial score (nSPS) is 15.8. The second-order valence-corrected chi connectivity index (χ2v) is 11.5. The number of carbonyl (C=O) groups is 2. The predicted octanol–water partition coefficient (Wildman–Crippen LogP) is 5.70. The van der Waals surface area contributed by atoms with E-state index in [0.717, 1.165) is 16.9 Å². The van der Waals surface area contributed by atoms with Crippen LogP contribution in [0.5, 0.6) is 11.5 Å². The van der Waals surface area contributed by atoms with Crippen LogP contribution in [0.15, 0.2) is 60.0 Å². The van der Waals surface area contributed by atoms with Gasteiger partial charge in [-0.2, -0.15) is 0 Å². The van der Waals surface area contributed by atoms with Gasteiger partial charge in [0, 0.05) is 37.1 Å². The van der Waals surface area contributed by atoms with E-state index < -0.39 is 0 Å². The molecule has 0 saturated heterocycles. The van der Waals surface area contributed by atoms with E-state index in [1.54, 1.807) is 30.5 Å². The molecule has 1 saturated carbocycles. The van der Waals surface area contributed by atoms with E-state index >= 15 is 0 Å². The molecule has 0 bridgehead atoms. The van der Waals surface area contributed by atoms with Crippen molar-refractivity contribution >= 4 is 23.2 Å². The first-order valence-corrected chi connectivity index (χ1v) is 15.3. The minimum Gasteiger partial charge on any atom is -0.493 e. The summed E-state index contributed by atoms with van der Waals surface area (Å²) in [7, 11) is 3.24. The fourth-order valence-electron chi connectivity index (χ4n) is 5.13. The van der Waals surface area contributed by atoms with E-state index in [-0.39, 0.29) is 30.2 Å². The lowest BCUT2D eigenvalue weighted by Gasteiger charge is -2.28. The topological polar surface area (TPSA) is 68.3 Å². The van der Waals surface area contributed by atoms with Crippen molar-refractivity contribution in [3.05, 3.63) is 81.5 Å². The Kier molecular flexibility index (Phi) is 11.2. The lowest BCUT2D eigenvalue weighted by molar-refractivity contribution is -0.141. The summed E-state index contributed by atoms with van der Waals surface area (Å²) in [5.74, 6) is 1.52. The smallest absolute Gasteiger partial charge is 0.242 e. The first-order chi connectivity index (χ1) is 19.9. The molecule has 1 aliphatic carbocycles. The van der Waals surface area contributed by atoms with Gasteiger partial charge in [-0.25, -0.2) is 0 Å². The molecule has 2 unspecified atom stereocenters. The van der Waals surface area contributed by atoms with Crippen LogP contribution in [0.25, 0.3) is 0 Å². The highest BCUT2D eigenvalue weighted by Gasteiger charge is 2.46. The van der Waals surface area contributed by atoms with Crippen molar-refractivity contribution in [2.24, 2.45) is 5.92 Å². The first-order valence-electron chi connectivity index (χ1n) is 14.4. The number of nitrogens with zero attached hydrogens (tertiary/aromatic N) is 2. The molecular formula is C33H42N2O5S. The van der Waals surface area contributed by atoms with Gasteiger partial charge < -0.3 is 24.0 Å². The Bertz CT molecular complexity index is 1280. The Morgan fingerprint density at radius 1 is 0.976 bits per heavy atom. The van der Waals surface area contributed by atoms with Gasteiger partial charge in [-0.1, -0.05) is 36.4 Å². The molecule has 3 aromatic rings. The molecular weight excluding hydrogens is 536 g/mol. The SMILES string of the molecule is CCOCCCN(CC(=O)N(CCc1ccc(OC)c(OC)c1)Cc1sccc1C)C(=O)C1CC1c1ccccc1. The van der Waals surface area contributed by atoms with Gasteiger partial charge in [0.05, 0.1) is 27.3 Å². The van der Waals surface area contributed by atoms with E-state index in [0.29, 0.717) is 57.2 Å². The van der Waals surface area contributed by atoms with Gasteiger partial charge in [-0.3, -0.25) is 9.59 Å². The zero-order valence-corrected chi connectivity index (χ0v) is 25.5. The average Bonchev–Trinajstić information content (AvgIpc) is 3.71. The lowest BCUT2D eigenvalue weighted by atomic mass is 10.1. The predicted molar refractivity (Wildman–Crippen MR) is 163 cm³/mol. The van der Waals surface area contributed by atoms with Crippen LogP contribution >= 0.6 is 11.3 Å². The second kappa shape index (κ2) is 15.0. The molecule has 2 atom stereocenters. The van der Waals surface area contributed by atoms with E-state index in [1.165, 1.54) is 11.1 Å². The van der Waals surface area contributed by atoms with Crippen LogP contribution in [-0.2, 0) is 27.3 Å². The molecule has 2 aromatic carbocycles. The van der Waals surface area contributed by atoms with Gasteiger partial charge in [0.25, 0.3) is 0 Å². The maximum Gasteiger partial charge on any atom is 0.242 e. The summed E-state index contributed by atoms with van der Waals surface area (Å²) < 4.78 is 16.4. The molecule has 1 fully saturated rings. The standard InChI is InChI=1S/C33H42N2O5S/c1-5-40-18-9-16-35(33(37)28-21-27(28)26-10-7-6-8-11-26)23-32(36)34(22-31-24(2)15-19-41-31)17-14-25-12-13-29(38-3)30(20-25)39-4/h6-8,10-13,15,19-20,27-28H,5,9,14,16-18,21-23H2,1-4H3. The monoisotopic (exact) mass is 578 g/mol. The third-order valence-corrected chi connectivity index (χ3v) is 8.68. The molecule has 0 aliphatic heterocycles. The summed E-state index contributed by atoms with van der Waals surface area (Å²) in [5.41, 5.74) is 3.42. The zero-order chi connectivity index (χ0) is 29.2. The Balaban J connectivity index is 1.48. The Morgan fingerprint density at radius 3 is 2.44 bits per heavy atom. The van der Waals surface area contributed by atoms with Crippen molar-refractivity contribution in [2.45, 2.75) is 45.6 Å². The highest BCUT2D eigenvalue weighted by atomic mass is 32.1. The minimum atomic E-state index is -0.0722. The summed E-state index contributed by atoms with van der Waals surface area (Å²) in [4.78, 5) is 32.4. The fraction of sp³-hybridized carbons (Fsp3) is 0.455. The lowest BCUT2D eigenvalue weighted by Crippen LogP contribution is -2.44. The van der Waals surface area contributed by atoms with E-state index in [9.17, 15) is 9.59 Å². The van der Waals surface area contributed by atoms with Gasteiger partial charge >= 0.3 is 0 Å². The molecule has 7 nitrogen and oxygen atoms in total. The highest BCUT2D eigenvalue weighted by molar-refractivity contribution is 7.10. The maximum absolute atomic E-state index is 13.9. The number of rotatable bonds is 16. The van der Waals surface area contributed by atoms with E-state index in [2.05, 4.69) is 30.5 Å². The molecule has 4 rings (SSSR count). The van der Waals surface area contributed by atoms with Crippen molar-refractivity contribution in [1.82, 2.24) is 9.80 Å². The number of hydrogen-bond donors (Lipinski definition) is 0. The number of methoxy groups -OCH3 is 2. The molecule has 220 valence electrons. The molecule has 1 aliphatic rings. The molecule has 1 heterocycles. The van der Waals surface area contributed by atoms with Crippen molar-refractivity contribution in [3.8, 4) is 11.5 Å². The first kappa shape index (κ1) is 30.6. The average molecular weight is 579 g/mol. The minimum absolute atomic E-state index is 0.0417. The van der Waals surface area contributed by atoms with E-state index in [1.807, 2.05) is 48.2 Å². The number of ether oxygens (including phenoxy) is 3. The van der Waals surface area contributed by atoms with Crippen molar-refractivity contribution in [2.75, 3.05) is 47.1 Å². The van der Waals surface area contributed by atoms with Crippen LogP contribution in [0.1, 0.15) is 47.3 Å². The Hall–Kier alpha value is -3.36. The summed E-state index contributed by atoms with van der Waals surface area (Å²) >= 11 is 1.66. The van der Waals surface area contributed by atoms with Crippen LogP contribution in [0.3, 0.4) is 0 Å². The van der Waals surface area contributed by atoms with Gasteiger partial charge in [0.1, 0.15) is 0 Å². The van der Waals surface area contributed by atoms with E-state index in [4.69, 9.17) is 14.2 Å². The van der Waals surface area contributed by atoms with Crippen molar-refractivity contribution < 1.29 is 23.8 Å². The summed E-state index contributed by atoms with van der Waals surface area (Å²) in [5, 5.41) is 2.06. The molecule has 2 amide bonds. The largest absolute Gasteiger partial charge is 0.493 e. The number of benzene rings is 2. The molecule has 1 aromatic heterocycles. The number of carbonyl (C=O) groups excluding carboxylic acids is 2. The van der Waals surface area contributed by atoms with Crippen molar-refractivity contribution in [3.63, 3.8) is 0 Å².